The SMILES string of the molecule is CN1C(=O)Cc2cnc(Nc3ccc(C(=O)NCCN4CCCCC4)cc3)nc2-c2ccccc21. The van der Waals surface area contributed by atoms with Crippen molar-refractivity contribution in [3.8, 4) is 11.3 Å². The molecule has 3 heterocycles. The zero-order valence-corrected chi connectivity index (χ0v) is 20.0. The Morgan fingerprint density at radius 2 is 1.80 bits per heavy atom. The third-order valence-corrected chi connectivity index (χ3v) is 6.67. The predicted molar refractivity (Wildman–Crippen MR) is 137 cm³/mol. The highest BCUT2D eigenvalue weighted by atomic mass is 16.2. The van der Waals surface area contributed by atoms with Crippen molar-refractivity contribution in [1.82, 2.24) is 20.2 Å². The molecule has 3 aromatic rings. The second kappa shape index (κ2) is 10.2. The molecule has 0 atom stereocenters. The Morgan fingerprint density at radius 3 is 2.60 bits per heavy atom. The molecule has 2 aliphatic heterocycles. The van der Waals surface area contributed by atoms with Crippen LogP contribution in [0, 0.1) is 0 Å². The molecule has 0 bridgehead atoms. The molecule has 2 aliphatic rings. The van der Waals surface area contributed by atoms with Crippen LogP contribution in [0.15, 0.2) is 54.7 Å². The smallest absolute Gasteiger partial charge is 0.251 e. The molecule has 8 nitrogen and oxygen atoms in total. The van der Waals surface area contributed by atoms with Gasteiger partial charge in [-0.1, -0.05) is 24.6 Å². The number of carbonyl (C=O) groups is 2. The average Bonchev–Trinajstić information content (AvgIpc) is 2.99. The molecule has 180 valence electrons. The molecule has 35 heavy (non-hydrogen) atoms. The second-order valence-electron chi connectivity index (χ2n) is 9.07. The lowest BCUT2D eigenvalue weighted by Crippen LogP contribution is -2.37. The van der Waals surface area contributed by atoms with Gasteiger partial charge in [-0.25, -0.2) is 9.97 Å². The van der Waals surface area contributed by atoms with Gasteiger partial charge >= 0.3 is 0 Å². The van der Waals surface area contributed by atoms with Gasteiger partial charge in [0.1, 0.15) is 0 Å². The molecule has 2 amide bonds. The van der Waals surface area contributed by atoms with E-state index in [1.54, 1.807) is 30.3 Å². The lowest BCUT2D eigenvalue weighted by Gasteiger charge is -2.26. The number of anilines is 3. The number of likely N-dealkylation sites (N-methyl/N-ethyl adjacent to an activating group) is 1. The maximum atomic E-state index is 12.6. The van der Waals surface area contributed by atoms with Gasteiger partial charge < -0.3 is 20.4 Å². The fraction of sp³-hybridized carbons (Fsp3) is 0.333. The first kappa shape index (κ1) is 23.0. The molecule has 1 saturated heterocycles. The number of benzene rings is 2. The summed E-state index contributed by atoms with van der Waals surface area (Å²) in [5.74, 6) is 0.375. The average molecular weight is 471 g/mol. The van der Waals surface area contributed by atoms with E-state index in [1.807, 2.05) is 36.4 Å². The third kappa shape index (κ3) is 5.17. The number of aromatic nitrogens is 2. The van der Waals surface area contributed by atoms with Gasteiger partial charge in [0.2, 0.25) is 11.9 Å². The number of nitrogens with zero attached hydrogens (tertiary/aromatic N) is 4. The van der Waals surface area contributed by atoms with E-state index in [-0.39, 0.29) is 18.2 Å². The first-order chi connectivity index (χ1) is 17.1. The Labute approximate surface area is 205 Å². The molecule has 2 aromatic carbocycles. The van der Waals surface area contributed by atoms with Crippen molar-refractivity contribution in [3.05, 3.63) is 65.9 Å². The summed E-state index contributed by atoms with van der Waals surface area (Å²) in [7, 11) is 1.78. The van der Waals surface area contributed by atoms with E-state index in [9.17, 15) is 9.59 Å². The van der Waals surface area contributed by atoms with Crippen molar-refractivity contribution in [2.45, 2.75) is 25.7 Å². The molecule has 1 aromatic heterocycles. The maximum absolute atomic E-state index is 12.6. The van der Waals surface area contributed by atoms with Crippen LogP contribution in [-0.2, 0) is 11.2 Å². The molecule has 0 spiro atoms. The first-order valence-electron chi connectivity index (χ1n) is 12.2. The van der Waals surface area contributed by atoms with Gasteiger partial charge in [0, 0.05) is 48.7 Å². The first-order valence-corrected chi connectivity index (χ1v) is 12.2. The molecule has 5 rings (SSSR count). The minimum atomic E-state index is -0.0692. The molecule has 0 aliphatic carbocycles. The fourth-order valence-corrected chi connectivity index (χ4v) is 4.66. The topological polar surface area (TPSA) is 90.5 Å². The van der Waals surface area contributed by atoms with Gasteiger partial charge in [-0.05, 0) is 56.3 Å². The summed E-state index contributed by atoms with van der Waals surface area (Å²) in [4.78, 5) is 38.3. The number of piperidine rings is 1. The normalized spacial score (nSPS) is 15.7. The van der Waals surface area contributed by atoms with Crippen molar-refractivity contribution in [3.63, 3.8) is 0 Å². The van der Waals surface area contributed by atoms with Gasteiger partial charge in [0.05, 0.1) is 17.8 Å². The summed E-state index contributed by atoms with van der Waals surface area (Å²) in [6, 6.07) is 15.0. The van der Waals surface area contributed by atoms with Gasteiger partial charge in [-0.15, -0.1) is 0 Å². The molecule has 0 radical (unpaired) electrons. The van der Waals surface area contributed by atoms with Gasteiger partial charge in [0.25, 0.3) is 5.91 Å². The number of rotatable bonds is 6. The zero-order valence-electron chi connectivity index (χ0n) is 20.0. The zero-order chi connectivity index (χ0) is 24.2. The minimum Gasteiger partial charge on any atom is -0.351 e. The largest absolute Gasteiger partial charge is 0.351 e. The standard InChI is InChI=1S/C27H30N6O2/c1-32-23-8-4-3-7-22(23)25-20(17-24(32)34)18-29-27(31-25)30-21-11-9-19(10-12-21)26(35)28-13-16-33-14-5-2-6-15-33/h3-4,7-12,18H,2,5-6,13-17H2,1H3,(H,28,35)(H,29,30,31). The Morgan fingerprint density at radius 1 is 1.03 bits per heavy atom. The minimum absolute atomic E-state index is 0.00491. The van der Waals surface area contributed by atoms with Crippen molar-refractivity contribution in [1.29, 1.82) is 0 Å². The summed E-state index contributed by atoms with van der Waals surface area (Å²) in [6.45, 7) is 3.80. The number of amides is 2. The molecule has 0 unspecified atom stereocenters. The van der Waals surface area contributed by atoms with E-state index in [0.717, 1.165) is 47.8 Å². The van der Waals surface area contributed by atoms with Crippen molar-refractivity contribution in [2.75, 3.05) is 43.4 Å². The molecule has 2 N–H and O–H groups in total. The van der Waals surface area contributed by atoms with Crippen LogP contribution >= 0.6 is 0 Å². The Kier molecular flexibility index (Phi) is 6.72. The van der Waals surface area contributed by atoms with Crippen LogP contribution in [0.3, 0.4) is 0 Å². The highest BCUT2D eigenvalue weighted by Gasteiger charge is 2.24. The van der Waals surface area contributed by atoms with Gasteiger partial charge in [-0.2, -0.15) is 0 Å². The Balaban J connectivity index is 1.25. The number of para-hydroxylation sites is 1. The summed E-state index contributed by atoms with van der Waals surface area (Å²) in [6.07, 6.45) is 5.77. The van der Waals surface area contributed by atoms with Crippen LogP contribution in [0.2, 0.25) is 0 Å². The molecule has 0 saturated carbocycles. The highest BCUT2D eigenvalue weighted by molar-refractivity contribution is 6.01. The van der Waals surface area contributed by atoms with Crippen molar-refractivity contribution >= 4 is 29.1 Å². The van der Waals surface area contributed by atoms with Crippen molar-refractivity contribution in [2.24, 2.45) is 0 Å². The van der Waals surface area contributed by atoms with E-state index in [0.29, 0.717) is 18.1 Å². The van der Waals surface area contributed by atoms with Gasteiger partial charge in [0.15, 0.2) is 0 Å². The van der Waals surface area contributed by atoms with Gasteiger partial charge in [-0.3, -0.25) is 9.59 Å². The second-order valence-corrected chi connectivity index (χ2v) is 9.07. The number of fused-ring (bicyclic) bond motifs is 3. The van der Waals surface area contributed by atoms with Crippen LogP contribution in [0.25, 0.3) is 11.3 Å². The monoisotopic (exact) mass is 470 g/mol. The van der Waals surface area contributed by atoms with E-state index >= 15 is 0 Å². The summed E-state index contributed by atoms with van der Waals surface area (Å²) >= 11 is 0. The van der Waals surface area contributed by atoms with Crippen LogP contribution in [0.1, 0.15) is 35.2 Å². The van der Waals surface area contributed by atoms with Crippen LogP contribution in [-0.4, -0.2) is 59.9 Å². The maximum Gasteiger partial charge on any atom is 0.251 e. The quantitative estimate of drug-likeness (QED) is 0.572. The summed E-state index contributed by atoms with van der Waals surface area (Å²) in [5, 5.41) is 6.24. The van der Waals surface area contributed by atoms with E-state index < -0.39 is 0 Å². The van der Waals surface area contributed by atoms with E-state index in [2.05, 4.69) is 20.5 Å². The molecule has 1 fully saturated rings. The highest BCUT2D eigenvalue weighted by Crippen LogP contribution is 2.35. The molecular weight excluding hydrogens is 440 g/mol. The van der Waals surface area contributed by atoms with Crippen LogP contribution in [0.5, 0.6) is 0 Å². The molecule has 8 heteroatoms. The number of likely N-dealkylation sites (tertiary alicyclic amines) is 1. The summed E-state index contributed by atoms with van der Waals surface area (Å²) < 4.78 is 0. The number of carbonyl (C=O) groups excluding carboxylic acids is 2. The summed E-state index contributed by atoms with van der Waals surface area (Å²) in [5.41, 5.74) is 4.68. The number of nitrogens with one attached hydrogen (secondary N) is 2. The predicted octanol–water partition coefficient (Wildman–Crippen LogP) is 3.62. The van der Waals surface area contributed by atoms with E-state index in [1.165, 1.54) is 19.3 Å². The number of hydrogen-bond acceptors (Lipinski definition) is 6. The fourth-order valence-electron chi connectivity index (χ4n) is 4.66. The third-order valence-electron chi connectivity index (χ3n) is 6.67. The van der Waals surface area contributed by atoms with Crippen LogP contribution in [0.4, 0.5) is 17.3 Å². The van der Waals surface area contributed by atoms with Crippen LogP contribution < -0.4 is 15.5 Å². The lowest BCUT2D eigenvalue weighted by atomic mass is 10.1. The number of hydrogen-bond donors (Lipinski definition) is 2. The van der Waals surface area contributed by atoms with E-state index in [4.69, 9.17) is 4.98 Å². The lowest BCUT2D eigenvalue weighted by molar-refractivity contribution is -0.117. The molecular formula is C27H30N6O2. The Bertz CT molecular complexity index is 1220. The van der Waals surface area contributed by atoms with Crippen molar-refractivity contribution < 1.29 is 9.59 Å². The Hall–Kier alpha value is -3.78.